The van der Waals surface area contributed by atoms with Crippen LogP contribution in [0, 0.1) is 5.92 Å². The molecule has 2 heteroatoms. The molecule has 0 aromatic carbocycles. The summed E-state index contributed by atoms with van der Waals surface area (Å²) in [6.45, 7) is 6.43. The third kappa shape index (κ3) is 3.63. The normalized spacial score (nSPS) is 22.6. The Morgan fingerprint density at radius 1 is 1.45 bits per heavy atom. The Morgan fingerprint density at radius 3 is 3.00 bits per heavy atom. The summed E-state index contributed by atoms with van der Waals surface area (Å²) in [4.78, 5) is 0. The van der Waals surface area contributed by atoms with E-state index in [1.54, 1.807) is 6.26 Å². The monoisotopic (exact) mass is 274 g/mol. The minimum absolute atomic E-state index is 0.114. The van der Waals surface area contributed by atoms with Crippen molar-refractivity contribution < 1.29 is 9.52 Å². The lowest BCUT2D eigenvalue weighted by molar-refractivity contribution is 0.105. The summed E-state index contributed by atoms with van der Waals surface area (Å²) in [5, 5.41) is 10.4. The third-order valence-electron chi connectivity index (χ3n) is 4.25. The number of aliphatic hydroxyl groups is 1. The van der Waals surface area contributed by atoms with Crippen molar-refractivity contribution in [2.75, 3.05) is 0 Å². The predicted molar refractivity (Wildman–Crippen MR) is 82.4 cm³/mol. The quantitative estimate of drug-likeness (QED) is 0.695. The summed E-state index contributed by atoms with van der Waals surface area (Å²) < 4.78 is 5.31. The molecule has 0 spiro atoms. The number of aliphatic hydroxyl groups excluding tert-OH is 1. The summed E-state index contributed by atoms with van der Waals surface area (Å²) in [7, 11) is 0. The highest BCUT2D eigenvalue weighted by Crippen LogP contribution is 2.42. The van der Waals surface area contributed by atoms with Gasteiger partial charge in [-0.05, 0) is 49.0 Å². The van der Waals surface area contributed by atoms with Crippen molar-refractivity contribution in [2.24, 2.45) is 5.92 Å². The van der Waals surface area contributed by atoms with Gasteiger partial charge in [0.25, 0.3) is 0 Å². The van der Waals surface area contributed by atoms with Crippen molar-refractivity contribution in [2.45, 2.75) is 58.0 Å². The minimum Gasteiger partial charge on any atom is -0.467 e. The molecule has 1 fully saturated rings. The molecule has 1 aromatic rings. The van der Waals surface area contributed by atoms with E-state index in [9.17, 15) is 5.11 Å². The highest BCUT2D eigenvalue weighted by atomic mass is 16.4. The fourth-order valence-corrected chi connectivity index (χ4v) is 2.97. The molecular formula is C18H26O2. The van der Waals surface area contributed by atoms with E-state index in [0.29, 0.717) is 5.76 Å². The molecule has 0 unspecified atom stereocenters. The van der Waals surface area contributed by atoms with Crippen LogP contribution in [0.1, 0.15) is 63.7 Å². The second-order valence-electron chi connectivity index (χ2n) is 5.71. The van der Waals surface area contributed by atoms with E-state index in [0.717, 1.165) is 24.8 Å². The minimum atomic E-state index is -0.552. The summed E-state index contributed by atoms with van der Waals surface area (Å²) in [5.41, 5.74) is 2.45. The molecule has 0 amide bonds. The highest BCUT2D eigenvalue weighted by Gasteiger charge is 2.31. The van der Waals surface area contributed by atoms with Crippen molar-refractivity contribution in [3.63, 3.8) is 0 Å². The number of rotatable bonds is 7. The second-order valence-corrected chi connectivity index (χ2v) is 5.71. The maximum absolute atomic E-state index is 10.4. The average molecular weight is 274 g/mol. The zero-order valence-corrected chi connectivity index (χ0v) is 12.5. The summed E-state index contributed by atoms with van der Waals surface area (Å²) >= 11 is 0. The largest absolute Gasteiger partial charge is 0.467 e. The molecule has 0 aliphatic heterocycles. The fourth-order valence-electron chi connectivity index (χ4n) is 2.97. The number of allylic oxidation sites excluding steroid dienone is 2. The van der Waals surface area contributed by atoms with Crippen molar-refractivity contribution in [1.29, 1.82) is 0 Å². The van der Waals surface area contributed by atoms with E-state index in [1.807, 2.05) is 12.1 Å². The van der Waals surface area contributed by atoms with Gasteiger partial charge < -0.3 is 9.52 Å². The van der Waals surface area contributed by atoms with Gasteiger partial charge in [0.15, 0.2) is 0 Å². The second kappa shape index (κ2) is 7.49. The zero-order chi connectivity index (χ0) is 14.4. The Morgan fingerprint density at radius 2 is 2.30 bits per heavy atom. The fraction of sp³-hybridized carbons (Fsp3) is 0.556. The smallest absolute Gasteiger partial charge is 0.132 e. The highest BCUT2D eigenvalue weighted by molar-refractivity contribution is 5.36. The van der Waals surface area contributed by atoms with Gasteiger partial charge in [-0.2, -0.15) is 0 Å². The summed E-state index contributed by atoms with van der Waals surface area (Å²) in [5.74, 6) is 0.767. The summed E-state index contributed by atoms with van der Waals surface area (Å²) in [6.07, 6.45) is 11.7. The molecule has 1 N–H and O–H groups in total. The molecular weight excluding hydrogens is 248 g/mol. The number of hydrogen-bond acceptors (Lipinski definition) is 2. The van der Waals surface area contributed by atoms with Gasteiger partial charge in [-0.3, -0.25) is 0 Å². The van der Waals surface area contributed by atoms with Gasteiger partial charge in [0.1, 0.15) is 11.9 Å². The maximum atomic E-state index is 10.4. The van der Waals surface area contributed by atoms with Gasteiger partial charge >= 0.3 is 0 Å². The topological polar surface area (TPSA) is 33.4 Å². The number of hydrogen-bond donors (Lipinski definition) is 1. The van der Waals surface area contributed by atoms with Crippen LogP contribution in [0.4, 0.5) is 0 Å². The first kappa shape index (κ1) is 15.1. The van der Waals surface area contributed by atoms with Crippen molar-refractivity contribution in [1.82, 2.24) is 0 Å². The molecule has 1 heterocycles. The predicted octanol–water partition coefficient (Wildman–Crippen LogP) is 5.18. The standard InChI is InChI=1S/C18H26O2/c1-3-4-5-6-7-9-15-11-12-16(14(15)2)18(19)17-10-8-13-20-17/h8-10,13,16,18-19H,2-7,11-12H2,1H3/b15-9+/t16-,18+/m0/s1. The van der Waals surface area contributed by atoms with Gasteiger partial charge in [-0.1, -0.05) is 38.8 Å². The Kier molecular flexibility index (Phi) is 5.66. The Hall–Kier alpha value is -1.28. The van der Waals surface area contributed by atoms with E-state index in [4.69, 9.17) is 4.42 Å². The van der Waals surface area contributed by atoms with Crippen LogP contribution in [0.25, 0.3) is 0 Å². The van der Waals surface area contributed by atoms with Crippen molar-refractivity contribution >= 4 is 0 Å². The van der Waals surface area contributed by atoms with E-state index < -0.39 is 6.10 Å². The first-order valence-corrected chi connectivity index (χ1v) is 7.83. The van der Waals surface area contributed by atoms with Crippen LogP contribution in [0.3, 0.4) is 0 Å². The van der Waals surface area contributed by atoms with Crippen LogP contribution in [0.15, 0.2) is 46.6 Å². The first-order valence-electron chi connectivity index (χ1n) is 7.83. The van der Waals surface area contributed by atoms with E-state index in [2.05, 4.69) is 19.6 Å². The van der Waals surface area contributed by atoms with Crippen LogP contribution in [0.5, 0.6) is 0 Å². The maximum Gasteiger partial charge on any atom is 0.132 e. The molecule has 1 saturated carbocycles. The van der Waals surface area contributed by atoms with Crippen LogP contribution in [0.2, 0.25) is 0 Å². The van der Waals surface area contributed by atoms with Crippen LogP contribution < -0.4 is 0 Å². The molecule has 110 valence electrons. The van der Waals surface area contributed by atoms with Crippen molar-refractivity contribution in [3.8, 4) is 0 Å². The lowest BCUT2D eigenvalue weighted by Crippen LogP contribution is -2.09. The first-order chi connectivity index (χ1) is 9.74. The molecule has 1 aliphatic carbocycles. The van der Waals surface area contributed by atoms with Gasteiger partial charge in [0, 0.05) is 5.92 Å². The van der Waals surface area contributed by atoms with Gasteiger partial charge in [0.2, 0.25) is 0 Å². The Bertz CT molecular complexity index is 442. The van der Waals surface area contributed by atoms with E-state index >= 15 is 0 Å². The molecule has 2 atom stereocenters. The molecule has 1 aliphatic rings. The molecule has 1 aromatic heterocycles. The van der Waals surface area contributed by atoms with Crippen LogP contribution in [-0.2, 0) is 0 Å². The Balaban J connectivity index is 1.87. The third-order valence-corrected chi connectivity index (χ3v) is 4.25. The molecule has 20 heavy (non-hydrogen) atoms. The van der Waals surface area contributed by atoms with Gasteiger partial charge in [-0.25, -0.2) is 0 Å². The van der Waals surface area contributed by atoms with Gasteiger partial charge in [-0.15, -0.1) is 0 Å². The number of furan rings is 1. The molecule has 2 nitrogen and oxygen atoms in total. The molecule has 0 saturated heterocycles. The summed E-state index contributed by atoms with van der Waals surface area (Å²) in [6, 6.07) is 3.66. The van der Waals surface area contributed by atoms with Crippen molar-refractivity contribution in [3.05, 3.63) is 48.0 Å². The molecule has 2 rings (SSSR count). The zero-order valence-electron chi connectivity index (χ0n) is 12.5. The van der Waals surface area contributed by atoms with E-state index in [1.165, 1.54) is 31.3 Å². The van der Waals surface area contributed by atoms with Gasteiger partial charge in [0.05, 0.1) is 6.26 Å². The molecule has 0 bridgehead atoms. The lowest BCUT2D eigenvalue weighted by atomic mass is 9.94. The van der Waals surface area contributed by atoms with Crippen LogP contribution >= 0.6 is 0 Å². The SMILES string of the molecule is C=C1/C(=C/CCCCCC)CC[C@@H]1[C@@H](O)c1ccco1. The lowest BCUT2D eigenvalue weighted by Gasteiger charge is -2.16. The van der Waals surface area contributed by atoms with E-state index in [-0.39, 0.29) is 5.92 Å². The Labute approximate surface area is 122 Å². The molecule has 0 radical (unpaired) electrons. The average Bonchev–Trinajstić information content (AvgIpc) is 3.09. The number of unbranched alkanes of at least 4 members (excludes halogenated alkanes) is 4. The van der Waals surface area contributed by atoms with Crippen LogP contribution in [-0.4, -0.2) is 5.11 Å².